The molecule has 0 aromatic rings. The summed E-state index contributed by atoms with van der Waals surface area (Å²) in [5, 5.41) is 32.4. The third-order valence-corrected chi connectivity index (χ3v) is 3.43. The molecule has 3 amide bonds. The van der Waals surface area contributed by atoms with E-state index in [2.05, 4.69) is 23.3 Å². The second-order valence-electron chi connectivity index (χ2n) is 5.14. The highest BCUT2D eigenvalue weighted by molar-refractivity contribution is 7.80. The van der Waals surface area contributed by atoms with E-state index in [-0.39, 0.29) is 18.6 Å². The van der Waals surface area contributed by atoms with E-state index in [1.807, 2.05) is 5.32 Å². The van der Waals surface area contributed by atoms with Crippen molar-refractivity contribution in [2.45, 2.75) is 31.0 Å². The van der Waals surface area contributed by atoms with Crippen molar-refractivity contribution in [1.82, 2.24) is 16.0 Å². The SMILES string of the molecule is NC(CCC(=O)O)C(=O)NC(CS)C(=O)NCC(=O)NC(CO)C(=O)O. The predicted octanol–water partition coefficient (Wildman–Crippen LogP) is -3.73. The van der Waals surface area contributed by atoms with E-state index in [1.165, 1.54) is 0 Å². The number of aliphatic hydroxyl groups is 1. The van der Waals surface area contributed by atoms with E-state index in [1.54, 1.807) is 0 Å². The highest BCUT2D eigenvalue weighted by Crippen LogP contribution is 1.97. The highest BCUT2D eigenvalue weighted by atomic mass is 32.1. The Balaban J connectivity index is 4.47. The first kappa shape index (κ1) is 23.6. The Hall–Kier alpha value is -2.38. The zero-order valence-corrected chi connectivity index (χ0v) is 14.6. The quantitative estimate of drug-likeness (QED) is 0.153. The summed E-state index contributed by atoms with van der Waals surface area (Å²) >= 11 is 3.90. The second-order valence-corrected chi connectivity index (χ2v) is 5.51. The van der Waals surface area contributed by atoms with Gasteiger partial charge >= 0.3 is 11.9 Å². The summed E-state index contributed by atoms with van der Waals surface area (Å²) in [5.41, 5.74) is 5.51. The van der Waals surface area contributed by atoms with Crippen molar-refractivity contribution < 1.29 is 39.3 Å². The molecule has 3 atom stereocenters. The average molecular weight is 394 g/mol. The molecule has 148 valence electrons. The molecule has 3 unspecified atom stereocenters. The van der Waals surface area contributed by atoms with Gasteiger partial charge in [0.15, 0.2) is 0 Å². The zero-order chi connectivity index (χ0) is 20.3. The standard InChI is InChI=1S/C13H22N4O8S/c14-6(1-2-10(20)21)11(22)17-8(5-26)12(23)15-3-9(19)16-7(4-18)13(24)25/h6-8,18,26H,1-5,14H2,(H,15,23)(H,16,19)(H,17,22)(H,20,21)(H,24,25). The first-order chi connectivity index (χ1) is 12.1. The molecule has 0 aliphatic heterocycles. The van der Waals surface area contributed by atoms with E-state index in [4.69, 9.17) is 21.1 Å². The van der Waals surface area contributed by atoms with Gasteiger partial charge in [-0.1, -0.05) is 0 Å². The molecule has 0 aromatic heterocycles. The van der Waals surface area contributed by atoms with Gasteiger partial charge in [0.2, 0.25) is 17.7 Å². The van der Waals surface area contributed by atoms with Gasteiger partial charge in [-0.05, 0) is 6.42 Å². The van der Waals surface area contributed by atoms with Crippen LogP contribution in [0.25, 0.3) is 0 Å². The number of carbonyl (C=O) groups is 5. The lowest BCUT2D eigenvalue weighted by Crippen LogP contribution is -2.54. The van der Waals surface area contributed by atoms with Gasteiger partial charge in [-0.15, -0.1) is 0 Å². The number of thiol groups is 1. The van der Waals surface area contributed by atoms with E-state index in [0.29, 0.717) is 0 Å². The molecule has 0 fully saturated rings. The first-order valence-corrected chi connectivity index (χ1v) is 8.04. The Kier molecular flexibility index (Phi) is 10.9. The molecule has 0 aliphatic carbocycles. The fourth-order valence-corrected chi connectivity index (χ4v) is 1.86. The molecule has 0 saturated carbocycles. The molecule has 0 rings (SSSR count). The van der Waals surface area contributed by atoms with Crippen molar-refractivity contribution in [3.63, 3.8) is 0 Å². The normalized spacial score (nSPS) is 13.8. The second kappa shape index (κ2) is 12.1. The fraction of sp³-hybridized carbons (Fsp3) is 0.615. The van der Waals surface area contributed by atoms with Crippen molar-refractivity contribution in [3.05, 3.63) is 0 Å². The van der Waals surface area contributed by atoms with Gasteiger partial charge in [-0.25, -0.2) is 4.79 Å². The number of aliphatic hydroxyl groups excluding tert-OH is 1. The molecule has 0 saturated heterocycles. The molecule has 0 spiro atoms. The van der Waals surface area contributed by atoms with Crippen LogP contribution in [0.3, 0.4) is 0 Å². The van der Waals surface area contributed by atoms with Gasteiger partial charge in [0.25, 0.3) is 0 Å². The van der Waals surface area contributed by atoms with Crippen molar-refractivity contribution in [3.8, 4) is 0 Å². The Morgan fingerprint density at radius 1 is 1.00 bits per heavy atom. The molecule has 0 aromatic carbocycles. The lowest BCUT2D eigenvalue weighted by atomic mass is 10.1. The summed E-state index contributed by atoms with van der Waals surface area (Å²) in [7, 11) is 0. The van der Waals surface area contributed by atoms with E-state index >= 15 is 0 Å². The lowest BCUT2D eigenvalue weighted by Gasteiger charge is -2.19. The molecule has 8 N–H and O–H groups in total. The first-order valence-electron chi connectivity index (χ1n) is 7.41. The minimum atomic E-state index is -1.51. The Morgan fingerprint density at radius 2 is 1.62 bits per heavy atom. The van der Waals surface area contributed by atoms with Crippen LogP contribution in [-0.2, 0) is 24.0 Å². The zero-order valence-electron chi connectivity index (χ0n) is 13.7. The maximum absolute atomic E-state index is 11.9. The number of hydrogen-bond donors (Lipinski definition) is 8. The molecule has 0 heterocycles. The minimum Gasteiger partial charge on any atom is -0.481 e. The molecule has 13 heteroatoms. The summed E-state index contributed by atoms with van der Waals surface area (Å²) in [6.45, 7) is -1.41. The van der Waals surface area contributed by atoms with Crippen molar-refractivity contribution in [2.24, 2.45) is 5.73 Å². The molecule has 26 heavy (non-hydrogen) atoms. The van der Waals surface area contributed by atoms with Gasteiger partial charge in [0.1, 0.15) is 12.1 Å². The lowest BCUT2D eigenvalue weighted by molar-refractivity contribution is -0.143. The van der Waals surface area contributed by atoms with Gasteiger partial charge < -0.3 is 37.0 Å². The molecule has 0 bridgehead atoms. The van der Waals surface area contributed by atoms with Crippen molar-refractivity contribution in [2.75, 3.05) is 18.9 Å². The van der Waals surface area contributed by atoms with Crippen molar-refractivity contribution >= 4 is 42.3 Å². The Labute approximate surface area is 153 Å². The largest absolute Gasteiger partial charge is 0.481 e. The van der Waals surface area contributed by atoms with Crippen LogP contribution in [0.2, 0.25) is 0 Å². The molecule has 0 radical (unpaired) electrons. The summed E-state index contributed by atoms with van der Waals surface area (Å²) in [6.07, 6.45) is -0.440. The smallest absolute Gasteiger partial charge is 0.328 e. The van der Waals surface area contributed by atoms with Gasteiger partial charge in [-0.2, -0.15) is 12.6 Å². The number of nitrogens with two attached hydrogens (primary N) is 1. The number of amides is 3. The van der Waals surface area contributed by atoms with Gasteiger partial charge in [0.05, 0.1) is 19.2 Å². The molecular formula is C13H22N4O8S. The van der Waals surface area contributed by atoms with Gasteiger partial charge in [0, 0.05) is 12.2 Å². The van der Waals surface area contributed by atoms with E-state index < -0.39 is 60.9 Å². The van der Waals surface area contributed by atoms with Crippen molar-refractivity contribution in [1.29, 1.82) is 0 Å². The maximum atomic E-state index is 11.9. The summed E-state index contributed by atoms with van der Waals surface area (Å²) in [4.78, 5) is 56.4. The third kappa shape index (κ3) is 9.19. The summed E-state index contributed by atoms with van der Waals surface area (Å²) in [5.74, 6) is -5.07. The average Bonchev–Trinajstić information content (AvgIpc) is 2.59. The molecule has 0 aliphatic rings. The number of carboxylic acid groups (broad SMARTS) is 2. The number of rotatable bonds is 12. The van der Waals surface area contributed by atoms with Crippen LogP contribution in [-0.4, -0.2) is 82.0 Å². The number of carbonyl (C=O) groups excluding carboxylic acids is 3. The molecular weight excluding hydrogens is 372 g/mol. The van der Waals surface area contributed by atoms with Crippen LogP contribution in [0.1, 0.15) is 12.8 Å². The monoisotopic (exact) mass is 394 g/mol. The highest BCUT2D eigenvalue weighted by Gasteiger charge is 2.24. The van der Waals surface area contributed by atoms with Crippen LogP contribution >= 0.6 is 12.6 Å². The van der Waals surface area contributed by atoms with Gasteiger partial charge in [-0.3, -0.25) is 19.2 Å². The number of aliphatic carboxylic acids is 2. The van der Waals surface area contributed by atoms with Crippen LogP contribution in [0, 0.1) is 0 Å². The summed E-state index contributed by atoms with van der Waals surface area (Å²) in [6, 6.07) is -3.78. The molecule has 12 nitrogen and oxygen atoms in total. The van der Waals surface area contributed by atoms with E-state index in [9.17, 15) is 24.0 Å². The predicted molar refractivity (Wildman–Crippen MR) is 90.3 cm³/mol. The fourth-order valence-electron chi connectivity index (χ4n) is 1.60. The van der Waals surface area contributed by atoms with Crippen LogP contribution < -0.4 is 21.7 Å². The van der Waals surface area contributed by atoms with Crippen LogP contribution in [0.5, 0.6) is 0 Å². The van der Waals surface area contributed by atoms with Crippen LogP contribution in [0.15, 0.2) is 0 Å². The van der Waals surface area contributed by atoms with E-state index in [0.717, 1.165) is 0 Å². The third-order valence-electron chi connectivity index (χ3n) is 3.06. The summed E-state index contributed by atoms with van der Waals surface area (Å²) < 4.78 is 0. The van der Waals surface area contributed by atoms with Crippen LogP contribution in [0.4, 0.5) is 0 Å². The Bertz CT molecular complexity index is 544. The Morgan fingerprint density at radius 3 is 2.08 bits per heavy atom. The number of nitrogens with one attached hydrogen (secondary N) is 3. The topological polar surface area (TPSA) is 208 Å². The maximum Gasteiger partial charge on any atom is 0.328 e. The number of hydrogen-bond acceptors (Lipinski definition) is 8. The number of carboxylic acids is 2. The minimum absolute atomic E-state index is 0.123.